The van der Waals surface area contributed by atoms with Crippen LogP contribution in [-0.4, -0.2) is 34.0 Å². The summed E-state index contributed by atoms with van der Waals surface area (Å²) in [6, 6.07) is 16.2. The minimum atomic E-state index is -0.828. The summed E-state index contributed by atoms with van der Waals surface area (Å²) in [5.74, 6) is -0.522. The Bertz CT molecular complexity index is 1070. The Labute approximate surface area is 185 Å². The molecule has 4 rings (SSSR count). The van der Waals surface area contributed by atoms with Crippen molar-refractivity contribution in [2.45, 2.75) is 26.0 Å². The summed E-state index contributed by atoms with van der Waals surface area (Å²) in [5, 5.41) is 9.54. The third kappa shape index (κ3) is 5.40. The molecule has 0 amide bonds. The number of fused-ring (bicyclic) bond motifs is 1. The third-order valence-electron chi connectivity index (χ3n) is 5.29. The van der Waals surface area contributed by atoms with E-state index < -0.39 is 5.97 Å². The molecule has 0 bridgehead atoms. The number of hydrogen-bond donors (Lipinski definition) is 1. The zero-order chi connectivity index (χ0) is 21.8. The van der Waals surface area contributed by atoms with Crippen LogP contribution >= 0.6 is 11.6 Å². The molecular weight excluding hydrogens is 419 g/mol. The zero-order valence-electron chi connectivity index (χ0n) is 16.9. The van der Waals surface area contributed by atoms with E-state index in [0.717, 1.165) is 23.4 Å². The predicted octanol–water partition coefficient (Wildman–Crippen LogP) is 4.95. The number of benzene rings is 2. The molecule has 7 heteroatoms. The highest BCUT2D eigenvalue weighted by Gasteiger charge is 2.21. The van der Waals surface area contributed by atoms with Crippen molar-refractivity contribution in [2.24, 2.45) is 0 Å². The van der Waals surface area contributed by atoms with Crippen LogP contribution in [0.2, 0.25) is 5.02 Å². The molecule has 3 aromatic rings. The molecule has 1 aromatic heterocycles. The van der Waals surface area contributed by atoms with E-state index in [9.17, 15) is 9.18 Å². The summed E-state index contributed by atoms with van der Waals surface area (Å²) < 4.78 is 20.6. The fraction of sp³-hybridized carbons (Fsp3) is 0.250. The van der Waals surface area contributed by atoms with Crippen LogP contribution in [0.25, 0.3) is 11.3 Å². The highest BCUT2D eigenvalue weighted by molar-refractivity contribution is 6.30. The average molecular weight is 441 g/mol. The van der Waals surface area contributed by atoms with E-state index in [-0.39, 0.29) is 12.2 Å². The third-order valence-corrected chi connectivity index (χ3v) is 5.54. The van der Waals surface area contributed by atoms with Crippen molar-refractivity contribution in [1.29, 1.82) is 0 Å². The van der Waals surface area contributed by atoms with E-state index in [1.807, 2.05) is 29.2 Å². The number of carboxylic acids is 1. The molecule has 160 valence electrons. The fourth-order valence-corrected chi connectivity index (χ4v) is 3.73. The van der Waals surface area contributed by atoms with Crippen LogP contribution in [-0.2, 0) is 24.4 Å². The second kappa shape index (κ2) is 9.45. The molecule has 0 aliphatic carbocycles. The maximum absolute atomic E-state index is 14.8. The second-order valence-corrected chi connectivity index (χ2v) is 7.97. The summed E-state index contributed by atoms with van der Waals surface area (Å²) in [6.45, 7) is 2.11. The van der Waals surface area contributed by atoms with Gasteiger partial charge in [-0.15, -0.1) is 0 Å². The number of rotatable bonds is 7. The molecule has 5 nitrogen and oxygen atoms in total. The van der Waals surface area contributed by atoms with Gasteiger partial charge in [-0.25, -0.2) is 9.37 Å². The quantitative estimate of drug-likeness (QED) is 0.563. The monoisotopic (exact) mass is 440 g/mol. The van der Waals surface area contributed by atoms with Gasteiger partial charge in [-0.2, -0.15) is 0 Å². The van der Waals surface area contributed by atoms with Crippen LogP contribution in [0.15, 0.2) is 54.6 Å². The van der Waals surface area contributed by atoms with Gasteiger partial charge in [0.05, 0.1) is 6.42 Å². The van der Waals surface area contributed by atoms with Crippen molar-refractivity contribution in [2.75, 3.05) is 13.1 Å². The minimum absolute atomic E-state index is 0.0791. The SMILES string of the molecule is O=C(O)CCN1CCc2nc(-c3ccc(OCc4ccc(Cl)cc4)cc3)c(F)cc2C1. The number of carbonyl (C=O) groups is 1. The molecule has 0 spiro atoms. The largest absolute Gasteiger partial charge is 0.489 e. The van der Waals surface area contributed by atoms with Gasteiger partial charge in [0.2, 0.25) is 0 Å². The minimum Gasteiger partial charge on any atom is -0.489 e. The van der Waals surface area contributed by atoms with Crippen molar-refractivity contribution in [3.05, 3.63) is 82.3 Å². The number of nitrogens with zero attached hydrogens (tertiary/aromatic N) is 2. The first-order valence-electron chi connectivity index (χ1n) is 10.1. The smallest absolute Gasteiger partial charge is 0.304 e. The molecular formula is C24H22ClFN2O3. The molecule has 2 aromatic carbocycles. The van der Waals surface area contributed by atoms with Gasteiger partial charge in [0.1, 0.15) is 23.9 Å². The van der Waals surface area contributed by atoms with Gasteiger partial charge < -0.3 is 9.84 Å². The molecule has 0 radical (unpaired) electrons. The number of carboxylic acid groups (broad SMARTS) is 1. The topological polar surface area (TPSA) is 62.7 Å². The molecule has 0 atom stereocenters. The lowest BCUT2D eigenvalue weighted by Crippen LogP contribution is -2.33. The molecule has 0 fully saturated rings. The van der Waals surface area contributed by atoms with E-state index in [1.165, 1.54) is 6.07 Å². The summed E-state index contributed by atoms with van der Waals surface area (Å²) >= 11 is 5.89. The van der Waals surface area contributed by atoms with Crippen molar-refractivity contribution in [1.82, 2.24) is 9.88 Å². The van der Waals surface area contributed by atoms with E-state index in [0.29, 0.717) is 48.1 Å². The molecule has 0 unspecified atom stereocenters. The predicted molar refractivity (Wildman–Crippen MR) is 117 cm³/mol. The van der Waals surface area contributed by atoms with E-state index in [2.05, 4.69) is 4.98 Å². The molecule has 0 saturated carbocycles. The lowest BCUT2D eigenvalue weighted by atomic mass is 10.0. The van der Waals surface area contributed by atoms with Gasteiger partial charge >= 0.3 is 5.97 Å². The molecule has 1 N–H and O–H groups in total. The maximum Gasteiger partial charge on any atom is 0.304 e. The van der Waals surface area contributed by atoms with Crippen molar-refractivity contribution in [3.8, 4) is 17.0 Å². The van der Waals surface area contributed by atoms with Gasteiger partial charge in [0, 0.05) is 42.3 Å². The van der Waals surface area contributed by atoms with Crippen LogP contribution in [0.5, 0.6) is 5.75 Å². The highest BCUT2D eigenvalue weighted by atomic mass is 35.5. The summed E-state index contributed by atoms with van der Waals surface area (Å²) in [5.41, 5.74) is 3.70. The molecule has 2 heterocycles. The van der Waals surface area contributed by atoms with E-state index in [4.69, 9.17) is 21.4 Å². The van der Waals surface area contributed by atoms with E-state index >= 15 is 0 Å². The summed E-state index contributed by atoms with van der Waals surface area (Å²) in [6.07, 6.45) is 0.750. The lowest BCUT2D eigenvalue weighted by Gasteiger charge is -2.28. The van der Waals surface area contributed by atoms with Crippen LogP contribution < -0.4 is 4.74 Å². The van der Waals surface area contributed by atoms with Crippen LogP contribution in [0.3, 0.4) is 0 Å². The maximum atomic E-state index is 14.8. The Kier molecular flexibility index (Phi) is 6.49. The Balaban J connectivity index is 1.43. The van der Waals surface area contributed by atoms with Gasteiger partial charge in [-0.3, -0.25) is 9.69 Å². The Hall–Kier alpha value is -2.96. The van der Waals surface area contributed by atoms with Crippen LogP contribution in [0.4, 0.5) is 4.39 Å². The number of hydrogen-bond acceptors (Lipinski definition) is 4. The molecule has 1 aliphatic heterocycles. The number of pyridine rings is 1. The highest BCUT2D eigenvalue weighted by Crippen LogP contribution is 2.28. The van der Waals surface area contributed by atoms with Crippen LogP contribution in [0.1, 0.15) is 23.2 Å². The molecule has 0 saturated heterocycles. The molecule has 1 aliphatic rings. The van der Waals surface area contributed by atoms with Gasteiger partial charge in [0.25, 0.3) is 0 Å². The van der Waals surface area contributed by atoms with Gasteiger partial charge in [-0.05, 0) is 53.6 Å². The van der Waals surface area contributed by atoms with E-state index in [1.54, 1.807) is 24.3 Å². The standard InChI is InChI=1S/C24H22ClFN2O3/c25-19-5-1-16(2-6-19)15-31-20-7-3-17(4-8-20)24-21(26)13-18-14-28(12-10-23(29)30)11-9-22(18)27-24/h1-8,13H,9-12,14-15H2,(H,29,30). The van der Waals surface area contributed by atoms with Crippen molar-refractivity contribution >= 4 is 17.6 Å². The first-order chi connectivity index (χ1) is 15.0. The first kappa shape index (κ1) is 21.3. The van der Waals surface area contributed by atoms with Crippen LogP contribution in [0, 0.1) is 5.82 Å². The Morgan fingerprint density at radius 1 is 1.16 bits per heavy atom. The normalized spacial score (nSPS) is 13.6. The first-order valence-corrected chi connectivity index (χ1v) is 10.5. The summed E-state index contributed by atoms with van der Waals surface area (Å²) in [7, 11) is 0. The molecule has 31 heavy (non-hydrogen) atoms. The second-order valence-electron chi connectivity index (χ2n) is 7.53. The van der Waals surface area contributed by atoms with Crippen molar-refractivity contribution in [3.63, 3.8) is 0 Å². The average Bonchev–Trinajstić information content (AvgIpc) is 2.77. The Morgan fingerprint density at radius 3 is 2.61 bits per heavy atom. The number of ether oxygens (including phenoxy) is 1. The van der Waals surface area contributed by atoms with Gasteiger partial charge in [-0.1, -0.05) is 23.7 Å². The number of halogens is 2. The fourth-order valence-electron chi connectivity index (χ4n) is 3.61. The number of aliphatic carboxylic acids is 1. The van der Waals surface area contributed by atoms with Gasteiger partial charge in [0.15, 0.2) is 0 Å². The summed E-state index contributed by atoms with van der Waals surface area (Å²) in [4.78, 5) is 17.4. The lowest BCUT2D eigenvalue weighted by molar-refractivity contribution is -0.137. The zero-order valence-corrected chi connectivity index (χ0v) is 17.6. The number of aromatic nitrogens is 1. The Morgan fingerprint density at radius 2 is 1.90 bits per heavy atom. The van der Waals surface area contributed by atoms with Crippen molar-refractivity contribution < 1.29 is 19.0 Å².